The number of nitrogens with one attached hydrogen (secondary N) is 1. The summed E-state index contributed by atoms with van der Waals surface area (Å²) < 4.78 is 30.0. The molecule has 1 aliphatic rings. The number of ether oxygens (including phenoxy) is 1. The molecule has 4 nitrogen and oxygen atoms in total. The molecule has 0 spiro atoms. The van der Waals surface area contributed by atoms with Gasteiger partial charge in [-0.05, 0) is 50.0 Å². The molecule has 1 aromatic carbocycles. The highest BCUT2D eigenvalue weighted by molar-refractivity contribution is 7.91. The molecular weight excluding hydrogens is 250 g/mol. The van der Waals surface area contributed by atoms with E-state index in [-0.39, 0.29) is 11.7 Å². The van der Waals surface area contributed by atoms with Crippen molar-refractivity contribution in [3.05, 3.63) is 23.8 Å². The summed E-state index contributed by atoms with van der Waals surface area (Å²) in [5.41, 5.74) is 0.930. The summed E-state index contributed by atoms with van der Waals surface area (Å²) >= 11 is 0. The molecule has 0 amide bonds. The molecule has 5 heteroatoms. The molecule has 0 aliphatic carbocycles. The Bertz CT molecular complexity index is 519. The minimum Gasteiger partial charge on any atom is -0.495 e. The Hall–Kier alpha value is -1.07. The van der Waals surface area contributed by atoms with Crippen molar-refractivity contribution >= 4 is 9.84 Å². The smallest absolute Gasteiger partial charge is 0.182 e. The van der Waals surface area contributed by atoms with Gasteiger partial charge in [0.05, 0.1) is 12.9 Å². The van der Waals surface area contributed by atoms with E-state index in [4.69, 9.17) is 4.74 Å². The van der Waals surface area contributed by atoms with Gasteiger partial charge in [0.25, 0.3) is 0 Å². The van der Waals surface area contributed by atoms with E-state index < -0.39 is 9.84 Å². The van der Waals surface area contributed by atoms with Gasteiger partial charge in [-0.3, -0.25) is 0 Å². The summed E-state index contributed by atoms with van der Waals surface area (Å²) in [6, 6.07) is 5.26. The molecule has 1 fully saturated rings. The lowest BCUT2D eigenvalue weighted by molar-refractivity contribution is 0.402. The average molecular weight is 269 g/mol. The number of rotatable bonds is 4. The molecule has 1 atom stereocenters. The van der Waals surface area contributed by atoms with E-state index in [2.05, 4.69) is 5.32 Å². The lowest BCUT2D eigenvalue weighted by Crippen LogP contribution is -2.19. The van der Waals surface area contributed by atoms with E-state index in [9.17, 15) is 8.42 Å². The van der Waals surface area contributed by atoms with Crippen molar-refractivity contribution < 1.29 is 13.2 Å². The first-order valence-electron chi connectivity index (χ1n) is 6.11. The van der Waals surface area contributed by atoms with Crippen LogP contribution >= 0.6 is 0 Å². The molecule has 0 radical (unpaired) electrons. The number of aryl methyl sites for hydroxylation is 1. The molecule has 18 heavy (non-hydrogen) atoms. The summed E-state index contributed by atoms with van der Waals surface area (Å²) in [5.74, 6) is 0.839. The van der Waals surface area contributed by atoms with E-state index >= 15 is 0 Å². The van der Waals surface area contributed by atoms with Crippen molar-refractivity contribution in [3.8, 4) is 5.75 Å². The highest BCUT2D eigenvalue weighted by atomic mass is 32.2. The summed E-state index contributed by atoms with van der Waals surface area (Å²) in [5, 5.41) is 3.19. The van der Waals surface area contributed by atoms with Gasteiger partial charge < -0.3 is 10.1 Å². The van der Waals surface area contributed by atoms with Gasteiger partial charge in [-0.1, -0.05) is 6.07 Å². The molecule has 1 N–H and O–H groups in total. The topological polar surface area (TPSA) is 55.4 Å². The first-order valence-corrected chi connectivity index (χ1v) is 7.76. The van der Waals surface area contributed by atoms with Crippen molar-refractivity contribution in [2.24, 2.45) is 5.92 Å². The predicted molar refractivity (Wildman–Crippen MR) is 70.8 cm³/mol. The summed E-state index contributed by atoms with van der Waals surface area (Å²) in [6.45, 7) is 3.58. The largest absolute Gasteiger partial charge is 0.495 e. The fourth-order valence-electron chi connectivity index (χ4n) is 2.28. The monoisotopic (exact) mass is 269 g/mol. The minimum absolute atomic E-state index is 0.194. The number of benzene rings is 1. The van der Waals surface area contributed by atoms with Crippen LogP contribution in [-0.2, 0) is 9.84 Å². The van der Waals surface area contributed by atoms with Crippen LogP contribution in [0.4, 0.5) is 0 Å². The molecule has 1 unspecified atom stereocenters. The van der Waals surface area contributed by atoms with Crippen LogP contribution in [0.25, 0.3) is 0 Å². The zero-order valence-corrected chi connectivity index (χ0v) is 11.6. The molecule has 1 aromatic rings. The number of hydrogen-bond acceptors (Lipinski definition) is 4. The third-order valence-corrected chi connectivity index (χ3v) is 5.17. The Morgan fingerprint density at radius 3 is 2.83 bits per heavy atom. The van der Waals surface area contributed by atoms with Crippen LogP contribution in [0.5, 0.6) is 5.75 Å². The standard InChI is InChI=1S/C13H19NO3S/c1-10-3-4-12(17-2)13(7-10)18(15,16)9-11-5-6-14-8-11/h3-4,7,11,14H,5-6,8-9H2,1-2H3. The van der Waals surface area contributed by atoms with Gasteiger partial charge in [-0.25, -0.2) is 8.42 Å². The van der Waals surface area contributed by atoms with Crippen LogP contribution in [0.1, 0.15) is 12.0 Å². The van der Waals surface area contributed by atoms with Crippen molar-refractivity contribution in [3.63, 3.8) is 0 Å². The molecule has 0 aromatic heterocycles. The van der Waals surface area contributed by atoms with Crippen LogP contribution in [0.15, 0.2) is 23.1 Å². The van der Waals surface area contributed by atoms with Crippen LogP contribution in [0, 0.1) is 12.8 Å². The lowest BCUT2D eigenvalue weighted by atomic mass is 10.2. The van der Waals surface area contributed by atoms with Crippen molar-refractivity contribution in [2.45, 2.75) is 18.2 Å². The summed E-state index contributed by atoms with van der Waals surface area (Å²) in [4.78, 5) is 0.317. The maximum atomic E-state index is 12.4. The zero-order chi connectivity index (χ0) is 13.2. The van der Waals surface area contributed by atoms with E-state index in [1.54, 1.807) is 12.1 Å². The van der Waals surface area contributed by atoms with Crippen LogP contribution < -0.4 is 10.1 Å². The van der Waals surface area contributed by atoms with Gasteiger partial charge >= 0.3 is 0 Å². The van der Waals surface area contributed by atoms with Crippen molar-refractivity contribution in [1.29, 1.82) is 0 Å². The third kappa shape index (κ3) is 2.84. The van der Waals surface area contributed by atoms with Crippen molar-refractivity contribution in [1.82, 2.24) is 5.32 Å². The fourth-order valence-corrected chi connectivity index (χ4v) is 4.19. The second kappa shape index (κ2) is 5.28. The SMILES string of the molecule is COc1ccc(C)cc1S(=O)(=O)CC1CCNC1. The molecule has 1 heterocycles. The second-order valence-corrected chi connectivity index (χ2v) is 6.80. The van der Waals surface area contributed by atoms with Gasteiger partial charge in [0.15, 0.2) is 9.84 Å². The third-order valence-electron chi connectivity index (χ3n) is 3.27. The molecule has 1 saturated heterocycles. The van der Waals surface area contributed by atoms with Crippen molar-refractivity contribution in [2.75, 3.05) is 26.0 Å². The van der Waals surface area contributed by atoms with Crippen LogP contribution in [0.3, 0.4) is 0 Å². The first kappa shape index (κ1) is 13.4. The molecule has 2 rings (SSSR count). The van der Waals surface area contributed by atoms with E-state index in [1.165, 1.54) is 7.11 Å². The zero-order valence-electron chi connectivity index (χ0n) is 10.8. The van der Waals surface area contributed by atoms with Gasteiger partial charge in [0, 0.05) is 0 Å². The van der Waals surface area contributed by atoms with E-state index in [1.807, 2.05) is 13.0 Å². The molecule has 1 aliphatic heterocycles. The normalized spacial score (nSPS) is 20.0. The highest BCUT2D eigenvalue weighted by Gasteiger charge is 2.26. The summed E-state index contributed by atoms with van der Waals surface area (Å²) in [6.07, 6.45) is 0.924. The molecule has 0 bridgehead atoms. The second-order valence-electron chi connectivity index (χ2n) is 4.79. The van der Waals surface area contributed by atoms with E-state index in [0.717, 1.165) is 25.1 Å². The average Bonchev–Trinajstić information content (AvgIpc) is 2.81. The molecule has 100 valence electrons. The maximum Gasteiger partial charge on any atom is 0.182 e. The Labute approximate surface area is 108 Å². The predicted octanol–water partition coefficient (Wildman–Crippen LogP) is 1.39. The highest BCUT2D eigenvalue weighted by Crippen LogP contribution is 2.27. The quantitative estimate of drug-likeness (QED) is 0.897. The van der Waals surface area contributed by atoms with Gasteiger partial charge in [-0.15, -0.1) is 0 Å². The Morgan fingerprint density at radius 2 is 2.22 bits per heavy atom. The van der Waals surface area contributed by atoms with E-state index in [0.29, 0.717) is 10.6 Å². The molecular formula is C13H19NO3S. The maximum absolute atomic E-state index is 12.4. The van der Waals surface area contributed by atoms with Crippen LogP contribution in [-0.4, -0.2) is 34.4 Å². The van der Waals surface area contributed by atoms with Gasteiger partial charge in [-0.2, -0.15) is 0 Å². The Kier molecular flexibility index (Phi) is 3.92. The number of methoxy groups -OCH3 is 1. The van der Waals surface area contributed by atoms with Crippen LogP contribution in [0.2, 0.25) is 0 Å². The fraction of sp³-hybridized carbons (Fsp3) is 0.538. The first-order chi connectivity index (χ1) is 8.53. The number of sulfone groups is 1. The Balaban J connectivity index is 2.30. The number of hydrogen-bond donors (Lipinski definition) is 1. The van der Waals surface area contributed by atoms with Gasteiger partial charge in [0.1, 0.15) is 10.6 Å². The lowest BCUT2D eigenvalue weighted by Gasteiger charge is -2.13. The minimum atomic E-state index is -3.27. The molecule has 0 saturated carbocycles. The van der Waals surface area contributed by atoms with Gasteiger partial charge in [0.2, 0.25) is 0 Å². The Morgan fingerprint density at radius 1 is 1.44 bits per heavy atom. The summed E-state index contributed by atoms with van der Waals surface area (Å²) in [7, 11) is -1.77.